The fourth-order valence-corrected chi connectivity index (χ4v) is 2.17. The van der Waals surface area contributed by atoms with Crippen LogP contribution < -0.4 is 0 Å². The summed E-state index contributed by atoms with van der Waals surface area (Å²) >= 11 is 0. The minimum Gasteiger partial charge on any atom is -0.345 e. The molecule has 2 aromatic rings. The van der Waals surface area contributed by atoms with Gasteiger partial charge < -0.3 is 4.57 Å². The molecule has 0 aliphatic heterocycles. The van der Waals surface area contributed by atoms with Crippen LogP contribution in [0.1, 0.15) is 45.2 Å². The van der Waals surface area contributed by atoms with Crippen molar-refractivity contribution in [3.63, 3.8) is 0 Å². The molecule has 0 aliphatic rings. The van der Waals surface area contributed by atoms with Crippen molar-refractivity contribution in [3.8, 4) is 0 Å². The number of hydrogen-bond acceptors (Lipinski definition) is 0. The lowest BCUT2D eigenvalue weighted by atomic mass is 9.99. The van der Waals surface area contributed by atoms with Crippen molar-refractivity contribution in [2.45, 2.75) is 39.7 Å². The van der Waals surface area contributed by atoms with Crippen LogP contribution in [0.2, 0.25) is 0 Å². The Hall–Kier alpha value is -1.24. The van der Waals surface area contributed by atoms with Crippen LogP contribution in [-0.2, 0) is 0 Å². The second-order valence-corrected chi connectivity index (χ2v) is 4.75. The molecule has 1 heterocycles. The van der Waals surface area contributed by atoms with Crippen molar-refractivity contribution < 1.29 is 0 Å². The van der Waals surface area contributed by atoms with Crippen LogP contribution in [0.3, 0.4) is 0 Å². The van der Waals surface area contributed by atoms with E-state index in [0.29, 0.717) is 12.0 Å². The Morgan fingerprint density at radius 1 is 1.00 bits per heavy atom. The van der Waals surface area contributed by atoms with Crippen molar-refractivity contribution in [2.75, 3.05) is 0 Å². The molecule has 15 heavy (non-hydrogen) atoms. The van der Waals surface area contributed by atoms with Crippen molar-refractivity contribution in [2.24, 2.45) is 0 Å². The van der Waals surface area contributed by atoms with Gasteiger partial charge in [-0.3, -0.25) is 0 Å². The molecule has 0 bridgehead atoms. The zero-order chi connectivity index (χ0) is 11.0. The summed E-state index contributed by atoms with van der Waals surface area (Å²) in [5.41, 5.74) is 2.81. The molecule has 80 valence electrons. The van der Waals surface area contributed by atoms with Crippen molar-refractivity contribution in [1.29, 1.82) is 0 Å². The van der Waals surface area contributed by atoms with E-state index < -0.39 is 0 Å². The van der Waals surface area contributed by atoms with Gasteiger partial charge in [0, 0.05) is 23.1 Å². The molecule has 0 fully saturated rings. The molecule has 0 saturated heterocycles. The first-order chi connectivity index (χ1) is 7.11. The Balaban J connectivity index is 2.69. The molecular weight excluding hydrogens is 182 g/mol. The lowest BCUT2D eigenvalue weighted by molar-refractivity contribution is 0.623. The molecular formula is C14H19N. The van der Waals surface area contributed by atoms with Gasteiger partial charge in [0.15, 0.2) is 0 Å². The van der Waals surface area contributed by atoms with Crippen LogP contribution in [0.4, 0.5) is 0 Å². The van der Waals surface area contributed by atoms with E-state index in [-0.39, 0.29) is 0 Å². The molecule has 0 unspecified atom stereocenters. The fourth-order valence-electron chi connectivity index (χ4n) is 2.17. The SMILES string of the molecule is CC(C)c1cccc2c1ccn2C(C)C. The Labute approximate surface area is 91.7 Å². The summed E-state index contributed by atoms with van der Waals surface area (Å²) in [4.78, 5) is 0. The van der Waals surface area contributed by atoms with E-state index >= 15 is 0 Å². The normalized spacial score (nSPS) is 11.9. The number of hydrogen-bond donors (Lipinski definition) is 0. The second-order valence-electron chi connectivity index (χ2n) is 4.75. The summed E-state index contributed by atoms with van der Waals surface area (Å²) in [6.45, 7) is 8.95. The molecule has 0 saturated carbocycles. The number of fused-ring (bicyclic) bond motifs is 1. The van der Waals surface area contributed by atoms with Gasteiger partial charge in [-0.2, -0.15) is 0 Å². The van der Waals surface area contributed by atoms with E-state index in [4.69, 9.17) is 0 Å². The Kier molecular flexibility index (Phi) is 2.56. The van der Waals surface area contributed by atoms with Gasteiger partial charge in [0.25, 0.3) is 0 Å². The highest BCUT2D eigenvalue weighted by Crippen LogP contribution is 2.27. The molecule has 0 amide bonds. The third-order valence-electron chi connectivity index (χ3n) is 2.98. The molecule has 1 nitrogen and oxygen atoms in total. The quantitative estimate of drug-likeness (QED) is 0.681. The van der Waals surface area contributed by atoms with Gasteiger partial charge in [0.2, 0.25) is 0 Å². The Bertz CT molecular complexity index is 463. The summed E-state index contributed by atoms with van der Waals surface area (Å²) < 4.78 is 2.33. The van der Waals surface area contributed by atoms with Crippen LogP contribution in [-0.4, -0.2) is 4.57 Å². The van der Waals surface area contributed by atoms with Gasteiger partial charge in [0.05, 0.1) is 0 Å². The number of aromatic nitrogens is 1. The van der Waals surface area contributed by atoms with Crippen LogP contribution in [0, 0.1) is 0 Å². The summed E-state index contributed by atoms with van der Waals surface area (Å²) in [6.07, 6.45) is 2.20. The minimum absolute atomic E-state index is 0.532. The molecule has 0 atom stereocenters. The summed E-state index contributed by atoms with van der Waals surface area (Å²) in [7, 11) is 0. The maximum atomic E-state index is 2.33. The molecule has 0 N–H and O–H groups in total. The highest BCUT2D eigenvalue weighted by Gasteiger charge is 2.09. The van der Waals surface area contributed by atoms with Crippen LogP contribution >= 0.6 is 0 Å². The second kappa shape index (κ2) is 3.73. The highest BCUT2D eigenvalue weighted by atomic mass is 15.0. The van der Waals surface area contributed by atoms with E-state index in [0.717, 1.165) is 0 Å². The van der Waals surface area contributed by atoms with E-state index in [1.807, 2.05) is 0 Å². The highest BCUT2D eigenvalue weighted by molar-refractivity contribution is 5.84. The number of benzene rings is 1. The maximum absolute atomic E-state index is 2.33. The minimum atomic E-state index is 0.532. The topological polar surface area (TPSA) is 4.93 Å². The van der Waals surface area contributed by atoms with Crippen molar-refractivity contribution in [1.82, 2.24) is 4.57 Å². The standard InChI is InChI=1S/C14H19N/c1-10(2)12-6-5-7-14-13(12)8-9-15(14)11(3)4/h5-11H,1-4H3. The molecule has 1 aromatic carbocycles. The van der Waals surface area contributed by atoms with E-state index in [1.165, 1.54) is 16.5 Å². The monoisotopic (exact) mass is 201 g/mol. The molecule has 0 aliphatic carbocycles. The largest absolute Gasteiger partial charge is 0.345 e. The van der Waals surface area contributed by atoms with Crippen LogP contribution in [0.25, 0.3) is 10.9 Å². The van der Waals surface area contributed by atoms with Crippen LogP contribution in [0.15, 0.2) is 30.5 Å². The first kappa shape index (κ1) is 10.3. The molecule has 0 radical (unpaired) electrons. The van der Waals surface area contributed by atoms with Crippen LogP contribution in [0.5, 0.6) is 0 Å². The number of nitrogens with zero attached hydrogens (tertiary/aromatic N) is 1. The first-order valence-corrected chi connectivity index (χ1v) is 5.70. The molecule has 2 rings (SSSR count). The third-order valence-corrected chi connectivity index (χ3v) is 2.98. The third kappa shape index (κ3) is 1.67. The van der Waals surface area contributed by atoms with Gasteiger partial charge in [0.1, 0.15) is 0 Å². The first-order valence-electron chi connectivity index (χ1n) is 5.70. The molecule has 1 aromatic heterocycles. The average Bonchev–Trinajstić information content (AvgIpc) is 2.59. The van der Waals surface area contributed by atoms with Gasteiger partial charge in [-0.1, -0.05) is 26.0 Å². The van der Waals surface area contributed by atoms with E-state index in [2.05, 4.69) is 62.7 Å². The number of rotatable bonds is 2. The van der Waals surface area contributed by atoms with Gasteiger partial charge in [-0.05, 0) is 37.5 Å². The zero-order valence-electron chi connectivity index (χ0n) is 9.99. The summed E-state index contributed by atoms with van der Waals surface area (Å²) in [6, 6.07) is 9.38. The average molecular weight is 201 g/mol. The van der Waals surface area contributed by atoms with Gasteiger partial charge in [-0.25, -0.2) is 0 Å². The lowest BCUT2D eigenvalue weighted by Crippen LogP contribution is -1.98. The van der Waals surface area contributed by atoms with Gasteiger partial charge in [-0.15, -0.1) is 0 Å². The molecule has 0 spiro atoms. The molecule has 1 heteroatoms. The lowest BCUT2D eigenvalue weighted by Gasteiger charge is -2.11. The maximum Gasteiger partial charge on any atom is 0.0485 e. The Morgan fingerprint density at radius 2 is 1.73 bits per heavy atom. The fraction of sp³-hybridized carbons (Fsp3) is 0.429. The summed E-state index contributed by atoms with van der Waals surface area (Å²) in [5, 5.41) is 1.40. The van der Waals surface area contributed by atoms with Crippen molar-refractivity contribution >= 4 is 10.9 Å². The van der Waals surface area contributed by atoms with Crippen molar-refractivity contribution in [3.05, 3.63) is 36.0 Å². The Morgan fingerprint density at radius 3 is 2.33 bits per heavy atom. The predicted molar refractivity (Wildman–Crippen MR) is 66.4 cm³/mol. The predicted octanol–water partition coefficient (Wildman–Crippen LogP) is 4.35. The van der Waals surface area contributed by atoms with E-state index in [9.17, 15) is 0 Å². The summed E-state index contributed by atoms with van der Waals surface area (Å²) in [5.74, 6) is 0.594. The van der Waals surface area contributed by atoms with E-state index in [1.54, 1.807) is 0 Å². The van der Waals surface area contributed by atoms with Gasteiger partial charge >= 0.3 is 0 Å². The zero-order valence-corrected chi connectivity index (χ0v) is 9.99. The smallest absolute Gasteiger partial charge is 0.0485 e.